The minimum Gasteiger partial charge on any atom is -0.386 e. The van der Waals surface area contributed by atoms with Crippen LogP contribution in [0.5, 0.6) is 0 Å². The first-order chi connectivity index (χ1) is 12.2. The second kappa shape index (κ2) is 5.02. The van der Waals surface area contributed by atoms with E-state index in [1.165, 1.54) is 0 Å². The van der Waals surface area contributed by atoms with E-state index in [1.54, 1.807) is 0 Å². The summed E-state index contributed by atoms with van der Waals surface area (Å²) in [6, 6.07) is 27.2. The Labute approximate surface area is 146 Å². The van der Waals surface area contributed by atoms with Crippen LogP contribution in [0.15, 0.2) is 84.9 Å². The van der Waals surface area contributed by atoms with Crippen molar-refractivity contribution in [2.45, 2.75) is 23.4 Å². The van der Waals surface area contributed by atoms with Crippen molar-refractivity contribution >= 4 is 0 Å². The third kappa shape index (κ3) is 1.65. The van der Waals surface area contributed by atoms with E-state index >= 15 is 0 Å². The Morgan fingerprint density at radius 1 is 0.560 bits per heavy atom. The molecule has 1 saturated heterocycles. The SMILES string of the molecule is O[C@@H]1[C@H](O)[C@]2(c3ccccc3)O[C@@]1(c1ccccc1)c1ccccc12. The van der Waals surface area contributed by atoms with Gasteiger partial charge in [-0.1, -0.05) is 84.9 Å². The zero-order chi connectivity index (χ0) is 17.1. The van der Waals surface area contributed by atoms with Crippen molar-refractivity contribution < 1.29 is 14.9 Å². The summed E-state index contributed by atoms with van der Waals surface area (Å²) in [6.07, 6.45) is -2.10. The monoisotopic (exact) mass is 330 g/mol. The fourth-order valence-corrected chi connectivity index (χ4v) is 4.52. The zero-order valence-electron chi connectivity index (χ0n) is 13.5. The van der Waals surface area contributed by atoms with Gasteiger partial charge in [-0.2, -0.15) is 0 Å². The lowest BCUT2D eigenvalue weighted by molar-refractivity contribution is -0.0736. The molecule has 25 heavy (non-hydrogen) atoms. The molecule has 0 radical (unpaired) electrons. The van der Waals surface area contributed by atoms with Crippen LogP contribution in [0.2, 0.25) is 0 Å². The number of hydrogen-bond donors (Lipinski definition) is 2. The summed E-state index contributed by atoms with van der Waals surface area (Å²) in [5, 5.41) is 22.2. The van der Waals surface area contributed by atoms with Gasteiger partial charge in [-0.15, -0.1) is 0 Å². The molecule has 0 amide bonds. The van der Waals surface area contributed by atoms with E-state index in [4.69, 9.17) is 4.74 Å². The van der Waals surface area contributed by atoms with E-state index < -0.39 is 23.4 Å². The van der Waals surface area contributed by atoms with Crippen molar-refractivity contribution in [3.8, 4) is 0 Å². The molecule has 0 aliphatic carbocycles. The summed E-state index contributed by atoms with van der Waals surface area (Å²) in [5.74, 6) is 0. The van der Waals surface area contributed by atoms with Crippen LogP contribution >= 0.6 is 0 Å². The van der Waals surface area contributed by atoms with Crippen LogP contribution < -0.4 is 0 Å². The van der Waals surface area contributed by atoms with Crippen molar-refractivity contribution in [2.75, 3.05) is 0 Å². The average molecular weight is 330 g/mol. The highest BCUT2D eigenvalue weighted by molar-refractivity contribution is 5.58. The first-order valence-corrected chi connectivity index (χ1v) is 8.48. The lowest BCUT2D eigenvalue weighted by atomic mass is 9.68. The molecule has 0 saturated carbocycles. The highest BCUT2D eigenvalue weighted by Crippen LogP contribution is 2.63. The van der Waals surface area contributed by atoms with Gasteiger partial charge in [-0.25, -0.2) is 0 Å². The summed E-state index contributed by atoms with van der Waals surface area (Å²) >= 11 is 0. The van der Waals surface area contributed by atoms with E-state index in [0.29, 0.717) is 0 Å². The predicted molar refractivity (Wildman–Crippen MR) is 94.0 cm³/mol. The first kappa shape index (κ1) is 14.8. The van der Waals surface area contributed by atoms with Crippen molar-refractivity contribution in [2.24, 2.45) is 0 Å². The summed E-state index contributed by atoms with van der Waals surface area (Å²) in [6.45, 7) is 0. The van der Waals surface area contributed by atoms with Crippen LogP contribution in [0.3, 0.4) is 0 Å². The number of ether oxygens (including phenoxy) is 1. The second-order valence-electron chi connectivity index (χ2n) is 6.74. The molecule has 0 unspecified atom stereocenters. The van der Waals surface area contributed by atoms with Gasteiger partial charge in [0.05, 0.1) is 0 Å². The Balaban J connectivity index is 1.85. The molecule has 2 heterocycles. The minimum atomic E-state index is -1.06. The second-order valence-corrected chi connectivity index (χ2v) is 6.74. The number of fused-ring (bicyclic) bond motifs is 5. The third-order valence-corrected chi connectivity index (χ3v) is 5.59. The van der Waals surface area contributed by atoms with Gasteiger partial charge < -0.3 is 14.9 Å². The van der Waals surface area contributed by atoms with Gasteiger partial charge in [0.2, 0.25) is 0 Å². The van der Waals surface area contributed by atoms with Gasteiger partial charge in [0.15, 0.2) is 0 Å². The third-order valence-electron chi connectivity index (χ3n) is 5.59. The molecular formula is C22H18O3. The number of benzene rings is 3. The highest BCUT2D eigenvalue weighted by Gasteiger charge is 2.70. The molecule has 4 atom stereocenters. The van der Waals surface area contributed by atoms with Gasteiger partial charge in [-0.3, -0.25) is 0 Å². The van der Waals surface area contributed by atoms with Gasteiger partial charge in [0, 0.05) is 0 Å². The molecule has 1 fully saturated rings. The van der Waals surface area contributed by atoms with Crippen LogP contribution in [-0.2, 0) is 15.9 Å². The Kier molecular flexibility index (Phi) is 2.98. The molecule has 5 rings (SSSR count). The smallest absolute Gasteiger partial charge is 0.149 e. The van der Waals surface area contributed by atoms with Crippen LogP contribution in [0.4, 0.5) is 0 Å². The molecule has 2 N–H and O–H groups in total. The maximum absolute atomic E-state index is 11.1. The molecule has 3 heteroatoms. The fourth-order valence-electron chi connectivity index (χ4n) is 4.52. The molecule has 3 aromatic rings. The lowest BCUT2D eigenvalue weighted by Gasteiger charge is -2.35. The largest absolute Gasteiger partial charge is 0.386 e. The van der Waals surface area contributed by atoms with E-state index in [9.17, 15) is 10.2 Å². The van der Waals surface area contributed by atoms with Crippen molar-refractivity contribution in [3.63, 3.8) is 0 Å². The molecule has 0 spiro atoms. The summed E-state index contributed by atoms with van der Waals surface area (Å²) in [5.41, 5.74) is 1.42. The van der Waals surface area contributed by atoms with E-state index in [-0.39, 0.29) is 0 Å². The predicted octanol–water partition coefficient (Wildman–Crippen LogP) is 2.94. The maximum atomic E-state index is 11.1. The first-order valence-electron chi connectivity index (χ1n) is 8.48. The van der Waals surface area contributed by atoms with E-state index in [0.717, 1.165) is 22.3 Å². The Morgan fingerprint density at radius 3 is 1.32 bits per heavy atom. The van der Waals surface area contributed by atoms with Crippen molar-refractivity contribution in [1.29, 1.82) is 0 Å². The molecular weight excluding hydrogens is 312 g/mol. The number of hydrogen-bond acceptors (Lipinski definition) is 3. The lowest BCUT2D eigenvalue weighted by Crippen LogP contribution is -2.48. The Morgan fingerprint density at radius 2 is 0.920 bits per heavy atom. The van der Waals surface area contributed by atoms with E-state index in [2.05, 4.69) is 0 Å². The van der Waals surface area contributed by atoms with Gasteiger partial charge in [-0.05, 0) is 22.3 Å². The van der Waals surface area contributed by atoms with Gasteiger partial charge in [0.25, 0.3) is 0 Å². The maximum Gasteiger partial charge on any atom is 0.149 e. The van der Waals surface area contributed by atoms with Gasteiger partial charge >= 0.3 is 0 Å². The molecule has 0 aromatic heterocycles. The quantitative estimate of drug-likeness (QED) is 0.759. The standard InChI is InChI=1S/C22H18O3/c23-19-20(24)22(16-11-5-2-6-12-16)18-14-8-7-13-17(18)21(19,25-22)15-9-3-1-4-10-15/h1-14,19-20,23-24H/t19-,20+,21+,22-. The van der Waals surface area contributed by atoms with Crippen molar-refractivity contribution in [3.05, 3.63) is 107 Å². The zero-order valence-corrected chi connectivity index (χ0v) is 13.5. The average Bonchev–Trinajstić information content (AvgIpc) is 3.13. The van der Waals surface area contributed by atoms with Crippen LogP contribution in [0.1, 0.15) is 22.3 Å². The minimum absolute atomic E-state index is 0.851. The molecule has 3 nitrogen and oxygen atoms in total. The Bertz CT molecular complexity index is 848. The van der Waals surface area contributed by atoms with Crippen molar-refractivity contribution in [1.82, 2.24) is 0 Å². The van der Waals surface area contributed by atoms with Crippen LogP contribution in [-0.4, -0.2) is 22.4 Å². The number of rotatable bonds is 2. The summed E-state index contributed by atoms with van der Waals surface area (Å²) in [7, 11) is 0. The number of aliphatic hydroxyl groups excluding tert-OH is 2. The molecule has 2 bridgehead atoms. The molecule has 124 valence electrons. The van der Waals surface area contributed by atoms with Gasteiger partial charge in [0.1, 0.15) is 23.4 Å². The highest BCUT2D eigenvalue weighted by atomic mass is 16.6. The summed E-state index contributed by atoms with van der Waals surface area (Å²) < 4.78 is 6.61. The fraction of sp³-hybridized carbons (Fsp3) is 0.182. The Hall–Kier alpha value is -2.46. The van der Waals surface area contributed by atoms with Crippen LogP contribution in [0.25, 0.3) is 0 Å². The topological polar surface area (TPSA) is 49.7 Å². The summed E-state index contributed by atoms with van der Waals surface area (Å²) in [4.78, 5) is 0. The molecule has 2 aliphatic heterocycles. The number of aliphatic hydroxyl groups is 2. The normalized spacial score (nSPS) is 32.6. The molecule has 3 aromatic carbocycles. The van der Waals surface area contributed by atoms with Crippen LogP contribution in [0, 0.1) is 0 Å². The van der Waals surface area contributed by atoms with E-state index in [1.807, 2.05) is 84.9 Å². The molecule has 2 aliphatic rings.